The van der Waals surface area contributed by atoms with E-state index in [0.717, 1.165) is 6.54 Å². The standard InChI is InChI=1S/C13H25N3O2/c1-5-15-12(18)10-9-14-6-7-16(10)11(17)8-13(2,3)4/h10,14H,5-9H2,1-4H3,(H,15,18). The molecule has 0 aromatic heterocycles. The van der Waals surface area contributed by atoms with Crippen LogP contribution >= 0.6 is 0 Å². The van der Waals surface area contributed by atoms with Crippen LogP contribution in [0, 0.1) is 5.41 Å². The number of nitrogens with one attached hydrogen (secondary N) is 2. The average Bonchev–Trinajstić information content (AvgIpc) is 2.27. The third kappa shape index (κ3) is 4.29. The van der Waals surface area contributed by atoms with E-state index in [1.165, 1.54) is 0 Å². The molecular weight excluding hydrogens is 230 g/mol. The first kappa shape index (κ1) is 15.0. The molecule has 0 aliphatic carbocycles. The lowest BCUT2D eigenvalue weighted by molar-refractivity contribution is -0.142. The van der Waals surface area contributed by atoms with Crippen LogP contribution < -0.4 is 10.6 Å². The van der Waals surface area contributed by atoms with Gasteiger partial charge in [0.05, 0.1) is 0 Å². The van der Waals surface area contributed by atoms with Crippen LogP contribution in [0.25, 0.3) is 0 Å². The van der Waals surface area contributed by atoms with Crippen molar-refractivity contribution in [2.75, 3.05) is 26.2 Å². The molecule has 0 bridgehead atoms. The molecule has 0 aromatic carbocycles. The lowest BCUT2D eigenvalue weighted by Crippen LogP contribution is -2.59. The molecule has 5 nitrogen and oxygen atoms in total. The van der Waals surface area contributed by atoms with Crippen molar-refractivity contribution in [2.45, 2.75) is 40.2 Å². The van der Waals surface area contributed by atoms with Crippen molar-refractivity contribution >= 4 is 11.8 Å². The topological polar surface area (TPSA) is 61.4 Å². The molecule has 104 valence electrons. The fourth-order valence-corrected chi connectivity index (χ4v) is 2.08. The van der Waals surface area contributed by atoms with Crippen LogP contribution in [0.1, 0.15) is 34.1 Å². The van der Waals surface area contributed by atoms with Gasteiger partial charge in [-0.05, 0) is 12.3 Å². The fraction of sp³-hybridized carbons (Fsp3) is 0.846. The summed E-state index contributed by atoms with van der Waals surface area (Å²) in [4.78, 5) is 25.9. The second-order valence-corrected chi connectivity index (χ2v) is 5.94. The largest absolute Gasteiger partial charge is 0.355 e. The molecule has 18 heavy (non-hydrogen) atoms. The van der Waals surface area contributed by atoms with Crippen molar-refractivity contribution in [3.05, 3.63) is 0 Å². The second kappa shape index (κ2) is 6.18. The minimum absolute atomic E-state index is 0.0479. The third-order valence-corrected chi connectivity index (χ3v) is 2.90. The molecule has 0 radical (unpaired) electrons. The van der Waals surface area contributed by atoms with Gasteiger partial charge in [0.2, 0.25) is 11.8 Å². The first-order chi connectivity index (χ1) is 8.35. The molecule has 0 saturated carbocycles. The van der Waals surface area contributed by atoms with Crippen LogP contribution in [0.3, 0.4) is 0 Å². The van der Waals surface area contributed by atoms with Gasteiger partial charge in [0, 0.05) is 32.6 Å². The van der Waals surface area contributed by atoms with Gasteiger partial charge in [0.1, 0.15) is 6.04 Å². The van der Waals surface area contributed by atoms with Crippen molar-refractivity contribution in [3.8, 4) is 0 Å². The zero-order valence-electron chi connectivity index (χ0n) is 11.9. The first-order valence-electron chi connectivity index (χ1n) is 6.63. The summed E-state index contributed by atoms with van der Waals surface area (Å²) >= 11 is 0. The first-order valence-corrected chi connectivity index (χ1v) is 6.63. The summed E-state index contributed by atoms with van der Waals surface area (Å²) in [5.41, 5.74) is -0.0479. The van der Waals surface area contributed by atoms with Crippen LogP contribution in [0.15, 0.2) is 0 Å². The smallest absolute Gasteiger partial charge is 0.244 e. The van der Waals surface area contributed by atoms with E-state index in [2.05, 4.69) is 10.6 Å². The van der Waals surface area contributed by atoms with Gasteiger partial charge in [0.15, 0.2) is 0 Å². The molecular formula is C13H25N3O2. The van der Waals surface area contributed by atoms with E-state index in [-0.39, 0.29) is 23.3 Å². The van der Waals surface area contributed by atoms with E-state index >= 15 is 0 Å². The molecule has 0 aromatic rings. The van der Waals surface area contributed by atoms with Gasteiger partial charge in [-0.1, -0.05) is 20.8 Å². The summed E-state index contributed by atoms with van der Waals surface area (Å²) in [5, 5.41) is 5.96. The highest BCUT2D eigenvalue weighted by Gasteiger charge is 2.33. The molecule has 2 amide bonds. The van der Waals surface area contributed by atoms with E-state index in [1.807, 2.05) is 27.7 Å². The highest BCUT2D eigenvalue weighted by molar-refractivity contribution is 5.88. The number of piperazine rings is 1. The van der Waals surface area contributed by atoms with Gasteiger partial charge in [-0.2, -0.15) is 0 Å². The Labute approximate surface area is 109 Å². The quantitative estimate of drug-likeness (QED) is 0.765. The predicted octanol–water partition coefficient (Wildman–Crippen LogP) is 0.359. The Morgan fingerprint density at radius 2 is 2.06 bits per heavy atom. The van der Waals surface area contributed by atoms with E-state index < -0.39 is 0 Å². The zero-order chi connectivity index (χ0) is 13.8. The summed E-state index contributed by atoms with van der Waals surface area (Å²) in [6.45, 7) is 10.5. The molecule has 2 N–H and O–H groups in total. The molecule has 1 aliphatic heterocycles. The van der Waals surface area contributed by atoms with E-state index in [1.54, 1.807) is 4.90 Å². The number of likely N-dealkylation sites (N-methyl/N-ethyl adjacent to an activating group) is 1. The van der Waals surface area contributed by atoms with E-state index in [0.29, 0.717) is 26.1 Å². The van der Waals surface area contributed by atoms with Gasteiger partial charge in [-0.15, -0.1) is 0 Å². The molecule has 5 heteroatoms. The Kier molecular flexibility index (Phi) is 5.14. The summed E-state index contributed by atoms with van der Waals surface area (Å²) in [5.74, 6) is 0.00668. The van der Waals surface area contributed by atoms with Gasteiger partial charge < -0.3 is 15.5 Å². The average molecular weight is 255 g/mol. The van der Waals surface area contributed by atoms with Gasteiger partial charge in [-0.3, -0.25) is 9.59 Å². The van der Waals surface area contributed by atoms with Crippen LogP contribution in [0.2, 0.25) is 0 Å². The Hall–Kier alpha value is -1.10. The fourth-order valence-electron chi connectivity index (χ4n) is 2.08. The maximum Gasteiger partial charge on any atom is 0.244 e. The van der Waals surface area contributed by atoms with Gasteiger partial charge in [0.25, 0.3) is 0 Å². The minimum Gasteiger partial charge on any atom is -0.355 e. The SMILES string of the molecule is CCNC(=O)C1CNCCN1C(=O)CC(C)(C)C. The summed E-state index contributed by atoms with van der Waals surface area (Å²) in [7, 11) is 0. The molecule has 1 atom stereocenters. The summed E-state index contributed by atoms with van der Waals surface area (Å²) in [6, 6.07) is -0.367. The van der Waals surface area contributed by atoms with Gasteiger partial charge in [-0.25, -0.2) is 0 Å². The lowest BCUT2D eigenvalue weighted by Gasteiger charge is -2.36. The van der Waals surface area contributed by atoms with Crippen molar-refractivity contribution in [3.63, 3.8) is 0 Å². The number of nitrogens with zero attached hydrogens (tertiary/aromatic N) is 1. The van der Waals surface area contributed by atoms with E-state index in [9.17, 15) is 9.59 Å². The lowest BCUT2D eigenvalue weighted by atomic mass is 9.91. The maximum atomic E-state index is 12.3. The second-order valence-electron chi connectivity index (χ2n) is 5.94. The number of amides is 2. The zero-order valence-corrected chi connectivity index (χ0v) is 11.9. The molecule has 1 heterocycles. The number of hydrogen-bond acceptors (Lipinski definition) is 3. The Balaban J connectivity index is 2.70. The third-order valence-electron chi connectivity index (χ3n) is 2.90. The molecule has 0 spiro atoms. The van der Waals surface area contributed by atoms with Crippen molar-refractivity contribution in [1.82, 2.24) is 15.5 Å². The van der Waals surface area contributed by atoms with Crippen molar-refractivity contribution in [2.24, 2.45) is 5.41 Å². The number of carbonyl (C=O) groups is 2. The molecule has 1 fully saturated rings. The van der Waals surface area contributed by atoms with Crippen molar-refractivity contribution < 1.29 is 9.59 Å². The van der Waals surface area contributed by atoms with Crippen LogP contribution in [-0.4, -0.2) is 48.9 Å². The molecule has 1 unspecified atom stereocenters. The van der Waals surface area contributed by atoms with Gasteiger partial charge >= 0.3 is 0 Å². The van der Waals surface area contributed by atoms with E-state index in [4.69, 9.17) is 0 Å². The highest BCUT2D eigenvalue weighted by atomic mass is 16.2. The number of rotatable bonds is 3. The Morgan fingerprint density at radius 1 is 1.39 bits per heavy atom. The minimum atomic E-state index is -0.367. The molecule has 1 rings (SSSR count). The van der Waals surface area contributed by atoms with Crippen LogP contribution in [0.5, 0.6) is 0 Å². The van der Waals surface area contributed by atoms with Crippen LogP contribution in [-0.2, 0) is 9.59 Å². The normalized spacial score (nSPS) is 20.7. The Bertz CT molecular complexity index is 310. The monoisotopic (exact) mass is 255 g/mol. The number of hydrogen-bond donors (Lipinski definition) is 2. The summed E-state index contributed by atoms with van der Waals surface area (Å²) < 4.78 is 0. The molecule has 1 saturated heterocycles. The maximum absolute atomic E-state index is 12.3. The highest BCUT2D eigenvalue weighted by Crippen LogP contribution is 2.21. The predicted molar refractivity (Wildman–Crippen MR) is 71.1 cm³/mol. The van der Waals surface area contributed by atoms with Crippen molar-refractivity contribution in [1.29, 1.82) is 0 Å². The van der Waals surface area contributed by atoms with Crippen LogP contribution in [0.4, 0.5) is 0 Å². The molecule has 1 aliphatic rings. The Morgan fingerprint density at radius 3 is 2.61 bits per heavy atom. The number of carbonyl (C=O) groups excluding carboxylic acids is 2. The summed E-state index contributed by atoms with van der Waals surface area (Å²) in [6.07, 6.45) is 0.475.